The van der Waals surface area contributed by atoms with Crippen LogP contribution >= 0.6 is 12.4 Å². The van der Waals surface area contributed by atoms with Gasteiger partial charge in [0.05, 0.1) is 18.7 Å². The molecule has 1 amide bonds. The van der Waals surface area contributed by atoms with Gasteiger partial charge < -0.3 is 19.3 Å². The Labute approximate surface area is 153 Å². The Hall–Kier alpha value is -1.93. The standard InChI is InChI=1S/C16H24N6O2.ClH/c1-10-5-13(24-20-10)8-15(23)17-12-6-11(7-12)16-19-18-14(22(16)4)9-21(2)3;/h5,11-12H,6-9H2,1-4H3,(H,17,23);1H. The van der Waals surface area contributed by atoms with Gasteiger partial charge in [-0.05, 0) is 33.9 Å². The van der Waals surface area contributed by atoms with Crippen LogP contribution in [-0.4, -0.2) is 50.9 Å². The number of carbonyl (C=O) groups is 1. The molecule has 0 spiro atoms. The summed E-state index contributed by atoms with van der Waals surface area (Å²) < 4.78 is 7.14. The second kappa shape index (κ2) is 7.97. The maximum atomic E-state index is 12.0. The lowest BCUT2D eigenvalue weighted by Gasteiger charge is -2.35. The number of rotatable bonds is 6. The summed E-state index contributed by atoms with van der Waals surface area (Å²) in [4.78, 5) is 14.1. The molecule has 8 nitrogen and oxygen atoms in total. The number of amides is 1. The number of hydrogen-bond donors (Lipinski definition) is 1. The van der Waals surface area contributed by atoms with E-state index in [1.807, 2.05) is 28.1 Å². The van der Waals surface area contributed by atoms with Crippen molar-refractivity contribution in [2.24, 2.45) is 7.05 Å². The van der Waals surface area contributed by atoms with Crippen molar-refractivity contribution in [3.05, 3.63) is 29.2 Å². The SMILES string of the molecule is Cc1cc(CC(=O)NC2CC(c3nnc(CN(C)C)n3C)C2)on1.Cl. The molecule has 3 rings (SSSR count). The molecule has 2 aromatic rings. The first-order valence-electron chi connectivity index (χ1n) is 8.17. The zero-order valence-corrected chi connectivity index (χ0v) is 15.8. The lowest BCUT2D eigenvalue weighted by atomic mass is 9.79. The van der Waals surface area contributed by atoms with Gasteiger partial charge in [-0.1, -0.05) is 5.16 Å². The highest BCUT2D eigenvalue weighted by Crippen LogP contribution is 2.35. The first-order valence-corrected chi connectivity index (χ1v) is 8.17. The molecule has 0 unspecified atom stereocenters. The first-order chi connectivity index (χ1) is 11.4. The number of halogens is 1. The van der Waals surface area contributed by atoms with E-state index in [0.717, 1.165) is 36.7 Å². The van der Waals surface area contributed by atoms with Crippen molar-refractivity contribution in [3.8, 4) is 0 Å². The van der Waals surface area contributed by atoms with Gasteiger partial charge in [0.25, 0.3) is 0 Å². The fourth-order valence-electron chi connectivity index (χ4n) is 3.03. The third kappa shape index (κ3) is 4.58. The van der Waals surface area contributed by atoms with Crippen LogP contribution in [0.3, 0.4) is 0 Å². The van der Waals surface area contributed by atoms with Gasteiger partial charge in [-0.2, -0.15) is 0 Å². The van der Waals surface area contributed by atoms with Gasteiger partial charge in [-0.15, -0.1) is 22.6 Å². The summed E-state index contributed by atoms with van der Waals surface area (Å²) in [7, 11) is 6.03. The van der Waals surface area contributed by atoms with Crippen molar-refractivity contribution < 1.29 is 9.32 Å². The Balaban J connectivity index is 0.00000225. The van der Waals surface area contributed by atoms with Gasteiger partial charge >= 0.3 is 0 Å². The highest BCUT2D eigenvalue weighted by Gasteiger charge is 2.34. The second-order valence-corrected chi connectivity index (χ2v) is 6.82. The van der Waals surface area contributed by atoms with Gasteiger partial charge in [0.15, 0.2) is 0 Å². The second-order valence-electron chi connectivity index (χ2n) is 6.82. The van der Waals surface area contributed by atoms with E-state index in [1.54, 1.807) is 6.07 Å². The quantitative estimate of drug-likeness (QED) is 0.824. The van der Waals surface area contributed by atoms with E-state index in [2.05, 4.69) is 30.1 Å². The molecule has 0 aromatic carbocycles. The zero-order chi connectivity index (χ0) is 17.3. The lowest BCUT2D eigenvalue weighted by molar-refractivity contribution is -0.122. The number of hydrogen-bond acceptors (Lipinski definition) is 6. The minimum Gasteiger partial charge on any atom is -0.361 e. The average Bonchev–Trinajstić information content (AvgIpc) is 3.01. The fraction of sp³-hybridized carbons (Fsp3) is 0.625. The van der Waals surface area contributed by atoms with Crippen molar-refractivity contribution >= 4 is 18.3 Å². The lowest BCUT2D eigenvalue weighted by Crippen LogP contribution is -2.44. The average molecular weight is 369 g/mol. The summed E-state index contributed by atoms with van der Waals surface area (Å²) in [6, 6.07) is 1.98. The van der Waals surface area contributed by atoms with E-state index < -0.39 is 0 Å². The van der Waals surface area contributed by atoms with Crippen LogP contribution in [0.25, 0.3) is 0 Å². The molecule has 138 valence electrons. The topological polar surface area (TPSA) is 89.1 Å². The van der Waals surface area contributed by atoms with E-state index >= 15 is 0 Å². The number of nitrogens with zero attached hydrogens (tertiary/aromatic N) is 5. The van der Waals surface area contributed by atoms with Crippen molar-refractivity contribution in [1.29, 1.82) is 0 Å². The Morgan fingerprint density at radius 1 is 1.40 bits per heavy atom. The fourth-order valence-corrected chi connectivity index (χ4v) is 3.03. The molecule has 1 N–H and O–H groups in total. The molecule has 0 aliphatic heterocycles. The molecule has 0 bridgehead atoms. The van der Waals surface area contributed by atoms with Crippen LogP contribution in [0.15, 0.2) is 10.6 Å². The predicted molar refractivity (Wildman–Crippen MR) is 94.5 cm³/mol. The van der Waals surface area contributed by atoms with Gasteiger partial charge in [-0.3, -0.25) is 4.79 Å². The minimum absolute atomic E-state index is 0. The molecule has 2 heterocycles. The Bertz CT molecular complexity index is 720. The molecule has 1 aliphatic rings. The molecule has 2 aromatic heterocycles. The van der Waals surface area contributed by atoms with Crippen molar-refractivity contribution in [3.63, 3.8) is 0 Å². The highest BCUT2D eigenvalue weighted by molar-refractivity contribution is 5.85. The van der Waals surface area contributed by atoms with Crippen molar-refractivity contribution in [2.75, 3.05) is 14.1 Å². The number of nitrogens with one attached hydrogen (secondary N) is 1. The molecule has 0 radical (unpaired) electrons. The normalized spacial score (nSPS) is 19.4. The molecule has 1 aliphatic carbocycles. The van der Waals surface area contributed by atoms with Crippen LogP contribution in [0.5, 0.6) is 0 Å². The van der Waals surface area contributed by atoms with Crippen LogP contribution in [0.4, 0.5) is 0 Å². The number of aryl methyl sites for hydroxylation is 1. The summed E-state index contributed by atoms with van der Waals surface area (Å²) >= 11 is 0. The van der Waals surface area contributed by atoms with Gasteiger partial charge in [0.2, 0.25) is 5.91 Å². The summed E-state index contributed by atoms with van der Waals surface area (Å²) in [5.74, 6) is 2.89. The Morgan fingerprint density at radius 3 is 2.72 bits per heavy atom. The van der Waals surface area contributed by atoms with E-state index in [0.29, 0.717) is 11.7 Å². The Kier molecular flexibility index (Phi) is 6.18. The predicted octanol–water partition coefficient (Wildman–Crippen LogP) is 1.20. The van der Waals surface area contributed by atoms with Crippen LogP contribution in [-0.2, 0) is 24.8 Å². The summed E-state index contributed by atoms with van der Waals surface area (Å²) in [5, 5.41) is 15.4. The number of aromatic nitrogens is 4. The van der Waals surface area contributed by atoms with Crippen molar-refractivity contribution in [1.82, 2.24) is 30.1 Å². The largest absolute Gasteiger partial charge is 0.361 e. The summed E-state index contributed by atoms with van der Waals surface area (Å²) in [6.07, 6.45) is 2.03. The van der Waals surface area contributed by atoms with Gasteiger partial charge in [0, 0.05) is 25.1 Å². The maximum Gasteiger partial charge on any atom is 0.227 e. The van der Waals surface area contributed by atoms with E-state index in [1.165, 1.54) is 0 Å². The first kappa shape index (κ1) is 19.4. The monoisotopic (exact) mass is 368 g/mol. The maximum absolute atomic E-state index is 12.0. The van der Waals surface area contributed by atoms with Gasteiger partial charge in [-0.25, -0.2) is 0 Å². The van der Waals surface area contributed by atoms with E-state index in [-0.39, 0.29) is 30.8 Å². The molecule has 25 heavy (non-hydrogen) atoms. The third-order valence-electron chi connectivity index (χ3n) is 4.34. The smallest absolute Gasteiger partial charge is 0.227 e. The summed E-state index contributed by atoms with van der Waals surface area (Å²) in [6.45, 7) is 2.61. The molecule has 1 fully saturated rings. The third-order valence-corrected chi connectivity index (χ3v) is 4.34. The molecular weight excluding hydrogens is 344 g/mol. The van der Waals surface area contributed by atoms with Crippen LogP contribution in [0.1, 0.15) is 41.9 Å². The molecule has 9 heteroatoms. The van der Waals surface area contributed by atoms with Crippen LogP contribution < -0.4 is 5.32 Å². The number of carbonyl (C=O) groups excluding carboxylic acids is 1. The summed E-state index contributed by atoms with van der Waals surface area (Å²) in [5.41, 5.74) is 0.789. The molecule has 1 saturated carbocycles. The molecule has 0 saturated heterocycles. The minimum atomic E-state index is -0.0270. The Morgan fingerprint density at radius 2 is 2.12 bits per heavy atom. The molecule has 0 atom stereocenters. The highest BCUT2D eigenvalue weighted by atomic mass is 35.5. The van der Waals surface area contributed by atoms with E-state index in [9.17, 15) is 4.79 Å². The van der Waals surface area contributed by atoms with Gasteiger partial charge in [0.1, 0.15) is 17.4 Å². The van der Waals surface area contributed by atoms with Crippen LogP contribution in [0, 0.1) is 6.92 Å². The molecular formula is C16H25ClN6O2. The van der Waals surface area contributed by atoms with Crippen molar-refractivity contribution in [2.45, 2.75) is 44.7 Å². The van der Waals surface area contributed by atoms with Crippen LogP contribution in [0.2, 0.25) is 0 Å². The van der Waals surface area contributed by atoms with E-state index in [4.69, 9.17) is 4.52 Å². The zero-order valence-electron chi connectivity index (χ0n) is 15.0.